The molecule has 0 radical (unpaired) electrons. The molecule has 0 bridgehead atoms. The summed E-state index contributed by atoms with van der Waals surface area (Å²) in [4.78, 5) is 0. The lowest BCUT2D eigenvalue weighted by molar-refractivity contribution is 0.161. The quantitative estimate of drug-likeness (QED) is 0.807. The van der Waals surface area contributed by atoms with E-state index in [2.05, 4.69) is 20.8 Å². The Balaban J connectivity index is 3.26. The van der Waals surface area contributed by atoms with Crippen molar-refractivity contribution in [2.75, 3.05) is 13.7 Å². The van der Waals surface area contributed by atoms with Gasteiger partial charge in [-0.05, 0) is 47.9 Å². The third-order valence-corrected chi connectivity index (χ3v) is 3.92. The van der Waals surface area contributed by atoms with Gasteiger partial charge >= 0.3 is 0 Å². The van der Waals surface area contributed by atoms with Crippen molar-refractivity contribution in [2.24, 2.45) is 5.73 Å². The number of halogens is 1. The van der Waals surface area contributed by atoms with Crippen LogP contribution in [0, 0.1) is 0 Å². The molecule has 3 N–H and O–H groups in total. The van der Waals surface area contributed by atoms with E-state index in [0.29, 0.717) is 17.4 Å². The first-order valence-electron chi connectivity index (χ1n) is 7.19. The van der Waals surface area contributed by atoms with Gasteiger partial charge in [-0.2, -0.15) is 0 Å². The Hall–Kier alpha value is -0.770. The van der Waals surface area contributed by atoms with Crippen LogP contribution in [0.3, 0.4) is 0 Å². The van der Waals surface area contributed by atoms with Gasteiger partial charge in [-0.15, -0.1) is 0 Å². The summed E-state index contributed by atoms with van der Waals surface area (Å²) >= 11 is 6.25. The second-order valence-corrected chi connectivity index (χ2v) is 5.94. The van der Waals surface area contributed by atoms with Crippen LogP contribution in [0.1, 0.15) is 56.6 Å². The zero-order valence-electron chi connectivity index (χ0n) is 12.8. The zero-order valence-corrected chi connectivity index (χ0v) is 13.6. The third-order valence-electron chi connectivity index (χ3n) is 3.70. The van der Waals surface area contributed by atoms with Crippen LogP contribution < -0.4 is 10.5 Å². The molecule has 20 heavy (non-hydrogen) atoms. The predicted octanol–water partition coefficient (Wildman–Crippen LogP) is 3.68. The van der Waals surface area contributed by atoms with Gasteiger partial charge in [0.25, 0.3) is 0 Å². The van der Waals surface area contributed by atoms with Gasteiger partial charge in [0.1, 0.15) is 5.75 Å². The second-order valence-electron chi connectivity index (χ2n) is 5.50. The number of rotatable bonds is 7. The Labute approximate surface area is 127 Å². The molecule has 0 aliphatic carbocycles. The molecule has 3 nitrogen and oxygen atoms in total. The number of benzene rings is 1. The summed E-state index contributed by atoms with van der Waals surface area (Å²) in [5, 5.41) is 10.5. The van der Waals surface area contributed by atoms with Crippen LogP contribution in [0.5, 0.6) is 5.75 Å². The summed E-state index contributed by atoms with van der Waals surface area (Å²) in [6, 6.07) is 3.91. The van der Waals surface area contributed by atoms with E-state index in [1.807, 2.05) is 12.1 Å². The minimum Gasteiger partial charge on any atom is -0.496 e. The number of ether oxygens (including phenoxy) is 1. The first-order valence-corrected chi connectivity index (χ1v) is 7.57. The molecule has 1 rings (SSSR count). The number of aliphatic hydroxyl groups excluding tert-OH is 1. The van der Waals surface area contributed by atoms with E-state index < -0.39 is 6.10 Å². The van der Waals surface area contributed by atoms with Crippen molar-refractivity contribution in [1.82, 2.24) is 0 Å². The first-order chi connectivity index (χ1) is 9.44. The minimum atomic E-state index is -0.494. The fourth-order valence-electron chi connectivity index (χ4n) is 2.54. The van der Waals surface area contributed by atoms with E-state index in [1.165, 1.54) is 0 Å². The van der Waals surface area contributed by atoms with Crippen molar-refractivity contribution in [3.63, 3.8) is 0 Å². The van der Waals surface area contributed by atoms with E-state index in [4.69, 9.17) is 22.1 Å². The van der Waals surface area contributed by atoms with Crippen molar-refractivity contribution < 1.29 is 9.84 Å². The Morgan fingerprint density at radius 3 is 2.35 bits per heavy atom. The summed E-state index contributed by atoms with van der Waals surface area (Å²) in [6.45, 7) is 6.61. The molecular formula is C16H26ClNO2. The fourth-order valence-corrected chi connectivity index (χ4v) is 2.78. The number of nitrogens with two attached hydrogens (primary N) is 1. The van der Waals surface area contributed by atoms with Crippen LogP contribution in [-0.2, 0) is 0 Å². The summed E-state index contributed by atoms with van der Waals surface area (Å²) in [6.07, 6.45) is 1.04. The number of hydrogen-bond donors (Lipinski definition) is 2. The molecule has 0 amide bonds. The Bertz CT molecular complexity index is 435. The van der Waals surface area contributed by atoms with E-state index in [1.54, 1.807) is 7.11 Å². The first kappa shape index (κ1) is 17.3. The topological polar surface area (TPSA) is 55.5 Å². The monoisotopic (exact) mass is 299 g/mol. The molecule has 1 aromatic carbocycles. The van der Waals surface area contributed by atoms with Crippen molar-refractivity contribution in [1.29, 1.82) is 0 Å². The molecule has 2 unspecified atom stereocenters. The SMILES string of the molecule is CCC(CC(O)CN)c1cc(Cl)cc(C(C)C)c1OC. The van der Waals surface area contributed by atoms with Crippen LogP contribution in [0.25, 0.3) is 0 Å². The van der Waals surface area contributed by atoms with E-state index >= 15 is 0 Å². The third kappa shape index (κ3) is 4.11. The molecule has 0 spiro atoms. The highest BCUT2D eigenvalue weighted by Gasteiger charge is 2.22. The molecule has 0 aliphatic rings. The molecule has 0 saturated heterocycles. The van der Waals surface area contributed by atoms with Crippen LogP contribution >= 0.6 is 11.6 Å². The van der Waals surface area contributed by atoms with Gasteiger partial charge < -0.3 is 15.6 Å². The molecule has 1 aromatic rings. The summed E-state index contributed by atoms with van der Waals surface area (Å²) in [5.41, 5.74) is 7.70. The van der Waals surface area contributed by atoms with Crippen molar-refractivity contribution in [3.05, 3.63) is 28.3 Å². The van der Waals surface area contributed by atoms with Gasteiger partial charge in [-0.3, -0.25) is 0 Å². The van der Waals surface area contributed by atoms with Crippen LogP contribution in [0.4, 0.5) is 0 Å². The zero-order chi connectivity index (χ0) is 15.3. The van der Waals surface area contributed by atoms with E-state index in [9.17, 15) is 5.11 Å². The predicted molar refractivity (Wildman–Crippen MR) is 84.8 cm³/mol. The number of aliphatic hydroxyl groups is 1. The van der Waals surface area contributed by atoms with Crippen molar-refractivity contribution in [2.45, 2.75) is 51.6 Å². The van der Waals surface area contributed by atoms with Gasteiger partial charge in [0.15, 0.2) is 0 Å². The highest BCUT2D eigenvalue weighted by atomic mass is 35.5. The number of methoxy groups -OCH3 is 1. The maximum absolute atomic E-state index is 9.83. The van der Waals surface area contributed by atoms with E-state index in [0.717, 1.165) is 23.3 Å². The molecule has 0 heterocycles. The van der Waals surface area contributed by atoms with Crippen molar-refractivity contribution in [3.8, 4) is 5.75 Å². The lowest BCUT2D eigenvalue weighted by Crippen LogP contribution is -2.22. The lowest BCUT2D eigenvalue weighted by Gasteiger charge is -2.24. The fraction of sp³-hybridized carbons (Fsp3) is 0.625. The van der Waals surface area contributed by atoms with Crippen molar-refractivity contribution >= 4 is 11.6 Å². The van der Waals surface area contributed by atoms with Gasteiger partial charge in [-0.25, -0.2) is 0 Å². The molecular weight excluding hydrogens is 274 g/mol. The van der Waals surface area contributed by atoms with Gasteiger partial charge in [0.05, 0.1) is 13.2 Å². The minimum absolute atomic E-state index is 0.194. The highest BCUT2D eigenvalue weighted by Crippen LogP contribution is 2.39. The molecule has 0 fully saturated rings. The summed E-state index contributed by atoms with van der Waals surface area (Å²) in [5.74, 6) is 1.42. The largest absolute Gasteiger partial charge is 0.496 e. The van der Waals surface area contributed by atoms with E-state index in [-0.39, 0.29) is 12.5 Å². The Morgan fingerprint density at radius 1 is 1.30 bits per heavy atom. The van der Waals surface area contributed by atoms with Crippen LogP contribution in [-0.4, -0.2) is 24.9 Å². The van der Waals surface area contributed by atoms with Gasteiger partial charge in [0.2, 0.25) is 0 Å². The molecule has 114 valence electrons. The maximum Gasteiger partial charge on any atom is 0.125 e. The molecule has 4 heteroatoms. The van der Waals surface area contributed by atoms with Crippen LogP contribution in [0.2, 0.25) is 5.02 Å². The Kier molecular flexibility index (Phi) is 6.80. The summed E-state index contributed by atoms with van der Waals surface area (Å²) in [7, 11) is 1.69. The molecule has 0 saturated carbocycles. The standard InChI is InChI=1S/C16H26ClNO2/c1-5-11(6-13(19)9-18)15-8-12(17)7-14(10(2)3)16(15)20-4/h7-8,10-11,13,19H,5-6,9,18H2,1-4H3. The van der Waals surface area contributed by atoms with Gasteiger partial charge in [-0.1, -0.05) is 32.4 Å². The average molecular weight is 300 g/mol. The van der Waals surface area contributed by atoms with Crippen LogP contribution in [0.15, 0.2) is 12.1 Å². The summed E-state index contributed by atoms with van der Waals surface area (Å²) < 4.78 is 5.62. The Morgan fingerprint density at radius 2 is 1.90 bits per heavy atom. The highest BCUT2D eigenvalue weighted by molar-refractivity contribution is 6.30. The second kappa shape index (κ2) is 7.87. The number of hydrogen-bond acceptors (Lipinski definition) is 3. The molecule has 0 aliphatic heterocycles. The average Bonchev–Trinajstić information content (AvgIpc) is 2.43. The maximum atomic E-state index is 9.83. The lowest BCUT2D eigenvalue weighted by atomic mass is 9.87. The molecule has 2 atom stereocenters. The normalized spacial score (nSPS) is 14.4. The molecule has 0 aromatic heterocycles. The smallest absolute Gasteiger partial charge is 0.125 e. The van der Waals surface area contributed by atoms with Gasteiger partial charge in [0, 0.05) is 11.6 Å².